The van der Waals surface area contributed by atoms with Crippen LogP contribution < -0.4 is 5.73 Å². The molecule has 64 valence electrons. The molecule has 2 rings (SSSR count). The van der Waals surface area contributed by atoms with Crippen molar-refractivity contribution in [2.24, 2.45) is 11.7 Å². The Morgan fingerprint density at radius 1 is 1.36 bits per heavy atom. The summed E-state index contributed by atoms with van der Waals surface area (Å²) in [6, 6.07) is 1.87. The van der Waals surface area contributed by atoms with Crippen LogP contribution in [0.15, 0.2) is 0 Å². The number of rotatable bonds is 1. The van der Waals surface area contributed by atoms with Gasteiger partial charge in [0.2, 0.25) is 0 Å². The molecule has 1 heterocycles. The summed E-state index contributed by atoms with van der Waals surface area (Å²) in [6.07, 6.45) is 2.63. The summed E-state index contributed by atoms with van der Waals surface area (Å²) in [5.74, 6) is 0.914. The Hall–Kier alpha value is -0.0800. The van der Waals surface area contributed by atoms with E-state index >= 15 is 0 Å². The van der Waals surface area contributed by atoms with Gasteiger partial charge in [-0.1, -0.05) is 0 Å². The third kappa shape index (κ3) is 1.09. The minimum atomic E-state index is 0.469. The van der Waals surface area contributed by atoms with Gasteiger partial charge in [0, 0.05) is 24.7 Å². The molecule has 2 bridgehead atoms. The molecular formula is C9H18N2. The van der Waals surface area contributed by atoms with Crippen LogP contribution in [0.1, 0.15) is 26.7 Å². The number of hydrogen-bond donors (Lipinski definition) is 1. The molecule has 2 fully saturated rings. The number of nitrogens with zero attached hydrogens (tertiary/aromatic N) is 1. The Labute approximate surface area is 68.7 Å². The molecule has 2 N–H and O–H groups in total. The molecule has 0 amide bonds. The first kappa shape index (κ1) is 7.56. The molecule has 2 aliphatic rings. The standard InChI is InChI=1S/C9H18N2/c1-6(2)11-5-7-3-8(10)9(11)4-7/h6-9H,3-5,10H2,1-2H3. The Kier molecular flexibility index (Phi) is 1.69. The first-order chi connectivity index (χ1) is 5.18. The van der Waals surface area contributed by atoms with Crippen LogP contribution in [0, 0.1) is 5.92 Å². The summed E-state index contributed by atoms with van der Waals surface area (Å²) in [6.45, 7) is 5.84. The predicted molar refractivity (Wildman–Crippen MR) is 46.3 cm³/mol. The van der Waals surface area contributed by atoms with Crippen molar-refractivity contribution in [1.29, 1.82) is 0 Å². The topological polar surface area (TPSA) is 29.3 Å². The van der Waals surface area contributed by atoms with Gasteiger partial charge in [0.15, 0.2) is 0 Å². The van der Waals surface area contributed by atoms with Crippen LogP contribution >= 0.6 is 0 Å². The smallest absolute Gasteiger partial charge is 0.0253 e. The van der Waals surface area contributed by atoms with Gasteiger partial charge in [-0.3, -0.25) is 4.90 Å². The van der Waals surface area contributed by atoms with E-state index in [2.05, 4.69) is 18.7 Å². The lowest BCUT2D eigenvalue weighted by Gasteiger charge is -2.34. The number of hydrogen-bond acceptors (Lipinski definition) is 2. The lowest BCUT2D eigenvalue weighted by molar-refractivity contribution is 0.153. The Bertz CT molecular complexity index is 156. The van der Waals surface area contributed by atoms with Gasteiger partial charge in [-0.05, 0) is 32.6 Å². The second-order valence-corrected chi connectivity index (χ2v) is 4.36. The van der Waals surface area contributed by atoms with Crippen molar-refractivity contribution >= 4 is 0 Å². The van der Waals surface area contributed by atoms with Crippen molar-refractivity contribution in [3.8, 4) is 0 Å². The molecule has 1 saturated heterocycles. The van der Waals surface area contributed by atoms with Gasteiger partial charge in [-0.2, -0.15) is 0 Å². The molecule has 1 aliphatic heterocycles. The van der Waals surface area contributed by atoms with E-state index in [-0.39, 0.29) is 0 Å². The average molecular weight is 154 g/mol. The van der Waals surface area contributed by atoms with Gasteiger partial charge in [-0.15, -0.1) is 0 Å². The van der Waals surface area contributed by atoms with Gasteiger partial charge in [0.1, 0.15) is 0 Å². The van der Waals surface area contributed by atoms with Crippen LogP contribution in [0.25, 0.3) is 0 Å². The highest BCUT2D eigenvalue weighted by Crippen LogP contribution is 2.37. The molecule has 0 aromatic carbocycles. The number of fused-ring (bicyclic) bond motifs is 2. The summed E-state index contributed by atoms with van der Waals surface area (Å²) < 4.78 is 0. The third-order valence-electron chi connectivity index (χ3n) is 3.23. The van der Waals surface area contributed by atoms with Crippen LogP contribution in [-0.4, -0.2) is 29.6 Å². The molecule has 2 nitrogen and oxygen atoms in total. The summed E-state index contributed by atoms with van der Waals surface area (Å²) >= 11 is 0. The molecular weight excluding hydrogens is 136 g/mol. The second kappa shape index (κ2) is 2.46. The van der Waals surface area contributed by atoms with Crippen molar-refractivity contribution in [2.75, 3.05) is 6.54 Å². The van der Waals surface area contributed by atoms with Crippen molar-refractivity contribution in [1.82, 2.24) is 4.90 Å². The van der Waals surface area contributed by atoms with Crippen molar-refractivity contribution in [2.45, 2.75) is 44.8 Å². The summed E-state index contributed by atoms with van der Waals surface area (Å²) in [5.41, 5.74) is 6.01. The average Bonchev–Trinajstić information content (AvgIpc) is 2.43. The first-order valence-electron chi connectivity index (χ1n) is 4.70. The molecule has 1 aliphatic carbocycles. The summed E-state index contributed by atoms with van der Waals surface area (Å²) in [4.78, 5) is 2.57. The maximum absolute atomic E-state index is 6.01. The highest BCUT2D eigenvalue weighted by molar-refractivity contribution is 5.00. The number of likely N-dealkylation sites (tertiary alicyclic amines) is 1. The van der Waals surface area contributed by atoms with E-state index < -0.39 is 0 Å². The highest BCUT2D eigenvalue weighted by Gasteiger charge is 2.43. The first-order valence-corrected chi connectivity index (χ1v) is 4.70. The zero-order valence-electron chi connectivity index (χ0n) is 7.46. The van der Waals surface area contributed by atoms with Gasteiger partial charge in [0.25, 0.3) is 0 Å². The molecule has 1 saturated carbocycles. The lowest BCUT2D eigenvalue weighted by Crippen LogP contribution is -2.48. The van der Waals surface area contributed by atoms with Crippen molar-refractivity contribution in [3.63, 3.8) is 0 Å². The van der Waals surface area contributed by atoms with Crippen LogP contribution in [0.2, 0.25) is 0 Å². The quantitative estimate of drug-likeness (QED) is 0.606. The largest absolute Gasteiger partial charge is 0.326 e. The Balaban J connectivity index is 2.06. The van der Waals surface area contributed by atoms with E-state index in [0.29, 0.717) is 18.1 Å². The van der Waals surface area contributed by atoms with E-state index in [1.165, 1.54) is 19.4 Å². The fourth-order valence-corrected chi connectivity index (χ4v) is 2.71. The van der Waals surface area contributed by atoms with E-state index in [0.717, 1.165) is 5.92 Å². The van der Waals surface area contributed by atoms with Crippen LogP contribution in [0.5, 0.6) is 0 Å². The fourth-order valence-electron chi connectivity index (χ4n) is 2.71. The monoisotopic (exact) mass is 154 g/mol. The van der Waals surface area contributed by atoms with E-state index in [1.807, 2.05) is 0 Å². The molecule has 0 aromatic rings. The van der Waals surface area contributed by atoms with Gasteiger partial charge >= 0.3 is 0 Å². The summed E-state index contributed by atoms with van der Waals surface area (Å²) in [7, 11) is 0. The van der Waals surface area contributed by atoms with Crippen LogP contribution in [-0.2, 0) is 0 Å². The highest BCUT2D eigenvalue weighted by atomic mass is 15.2. The second-order valence-electron chi connectivity index (χ2n) is 4.36. The van der Waals surface area contributed by atoms with E-state index in [9.17, 15) is 0 Å². The molecule has 3 atom stereocenters. The Morgan fingerprint density at radius 3 is 2.45 bits per heavy atom. The maximum atomic E-state index is 6.01. The molecule has 0 aromatic heterocycles. The van der Waals surface area contributed by atoms with Crippen molar-refractivity contribution in [3.05, 3.63) is 0 Å². The molecule has 0 radical (unpaired) electrons. The molecule has 2 heteroatoms. The number of nitrogens with two attached hydrogens (primary N) is 1. The minimum Gasteiger partial charge on any atom is -0.326 e. The maximum Gasteiger partial charge on any atom is 0.0253 e. The van der Waals surface area contributed by atoms with Gasteiger partial charge in [0.05, 0.1) is 0 Å². The molecule has 3 unspecified atom stereocenters. The Morgan fingerprint density at radius 2 is 2.09 bits per heavy atom. The van der Waals surface area contributed by atoms with Gasteiger partial charge < -0.3 is 5.73 Å². The van der Waals surface area contributed by atoms with Crippen molar-refractivity contribution < 1.29 is 0 Å². The fraction of sp³-hybridized carbons (Fsp3) is 1.00. The van der Waals surface area contributed by atoms with E-state index in [4.69, 9.17) is 5.73 Å². The number of piperidine rings is 1. The van der Waals surface area contributed by atoms with Crippen LogP contribution in [0.4, 0.5) is 0 Å². The summed E-state index contributed by atoms with van der Waals surface area (Å²) in [5, 5.41) is 0. The van der Waals surface area contributed by atoms with Gasteiger partial charge in [-0.25, -0.2) is 0 Å². The SMILES string of the molecule is CC(C)N1CC2CC(N)C1C2. The molecule has 11 heavy (non-hydrogen) atoms. The zero-order chi connectivity index (χ0) is 8.01. The van der Waals surface area contributed by atoms with Crippen LogP contribution in [0.3, 0.4) is 0 Å². The predicted octanol–water partition coefficient (Wildman–Crippen LogP) is 0.816. The van der Waals surface area contributed by atoms with E-state index in [1.54, 1.807) is 0 Å². The zero-order valence-corrected chi connectivity index (χ0v) is 7.46. The third-order valence-corrected chi connectivity index (χ3v) is 3.23. The minimum absolute atomic E-state index is 0.469. The lowest BCUT2D eigenvalue weighted by atomic mass is 10.1. The molecule has 0 spiro atoms. The normalized spacial score (nSPS) is 44.2.